The van der Waals surface area contributed by atoms with Gasteiger partial charge in [0.25, 0.3) is 0 Å². The van der Waals surface area contributed by atoms with Gasteiger partial charge >= 0.3 is 0 Å². The van der Waals surface area contributed by atoms with Gasteiger partial charge in [0.1, 0.15) is 5.82 Å². The van der Waals surface area contributed by atoms with Crippen LogP contribution in [-0.2, 0) is 19.6 Å². The molecule has 3 rings (SSSR count). The lowest BCUT2D eigenvalue weighted by Gasteiger charge is -2.34. The van der Waals surface area contributed by atoms with E-state index in [0.29, 0.717) is 0 Å². The highest BCUT2D eigenvalue weighted by molar-refractivity contribution is 6.30. The lowest BCUT2D eigenvalue weighted by Crippen LogP contribution is -2.45. The molecule has 2 heterocycles. The fourth-order valence-electron chi connectivity index (χ4n) is 3.09. The van der Waals surface area contributed by atoms with Crippen molar-refractivity contribution in [3.8, 4) is 0 Å². The van der Waals surface area contributed by atoms with Crippen LogP contribution in [0.3, 0.4) is 0 Å². The van der Waals surface area contributed by atoms with Gasteiger partial charge in [0.15, 0.2) is 0 Å². The topological polar surface area (TPSA) is 24.3 Å². The second kappa shape index (κ2) is 7.95. The van der Waals surface area contributed by atoms with E-state index in [1.165, 1.54) is 11.4 Å². The summed E-state index contributed by atoms with van der Waals surface area (Å²) in [6.45, 7) is 9.66. The molecular weight excluding hydrogens is 308 g/mol. The molecule has 5 heteroatoms. The van der Waals surface area contributed by atoms with Crippen LogP contribution in [0, 0.1) is 0 Å². The first-order valence-electron chi connectivity index (χ1n) is 8.44. The zero-order valence-corrected chi connectivity index (χ0v) is 14.5. The maximum atomic E-state index is 5.95. The first kappa shape index (κ1) is 16.5. The van der Waals surface area contributed by atoms with Gasteiger partial charge in [-0.25, -0.2) is 4.98 Å². The van der Waals surface area contributed by atoms with Crippen LogP contribution in [0.5, 0.6) is 0 Å². The minimum absolute atomic E-state index is 0.807. The molecular formula is C18H25ClN4. The molecule has 2 aromatic rings. The van der Waals surface area contributed by atoms with Crippen LogP contribution in [-0.4, -0.2) is 45.5 Å². The first-order valence-corrected chi connectivity index (χ1v) is 8.81. The van der Waals surface area contributed by atoms with Crippen molar-refractivity contribution < 1.29 is 0 Å². The molecule has 1 aliphatic rings. The van der Waals surface area contributed by atoms with E-state index in [4.69, 9.17) is 11.6 Å². The Kier molecular flexibility index (Phi) is 5.70. The molecule has 124 valence electrons. The van der Waals surface area contributed by atoms with Crippen LogP contribution in [0.2, 0.25) is 5.02 Å². The summed E-state index contributed by atoms with van der Waals surface area (Å²) in [5.74, 6) is 1.19. The van der Waals surface area contributed by atoms with Crippen LogP contribution in [0.1, 0.15) is 24.7 Å². The third-order valence-corrected chi connectivity index (χ3v) is 4.67. The third kappa shape index (κ3) is 4.56. The molecule has 0 saturated carbocycles. The molecule has 0 amide bonds. The summed E-state index contributed by atoms with van der Waals surface area (Å²) in [5.41, 5.74) is 1.33. The van der Waals surface area contributed by atoms with Crippen LogP contribution in [0.4, 0.5) is 0 Å². The van der Waals surface area contributed by atoms with Crippen LogP contribution >= 0.6 is 11.6 Å². The maximum Gasteiger partial charge on any atom is 0.122 e. The Morgan fingerprint density at radius 1 is 1.00 bits per heavy atom. The Morgan fingerprint density at radius 3 is 2.30 bits per heavy atom. The summed E-state index contributed by atoms with van der Waals surface area (Å²) in [5, 5.41) is 0.807. The largest absolute Gasteiger partial charge is 0.334 e. The molecule has 0 N–H and O–H groups in total. The van der Waals surface area contributed by atoms with E-state index in [1.54, 1.807) is 0 Å². The number of benzene rings is 1. The standard InChI is InChI=1S/C18H25ClN4/c1-2-8-23-9-7-20-18(23)15-22-12-10-21(11-13-22)14-16-3-5-17(19)6-4-16/h3-7,9H,2,8,10-15H2,1H3. The third-order valence-electron chi connectivity index (χ3n) is 4.42. The molecule has 1 fully saturated rings. The average Bonchev–Trinajstić information content (AvgIpc) is 2.99. The number of piperazine rings is 1. The lowest BCUT2D eigenvalue weighted by atomic mass is 10.2. The number of hydrogen-bond acceptors (Lipinski definition) is 3. The normalized spacial score (nSPS) is 16.8. The quantitative estimate of drug-likeness (QED) is 0.811. The molecule has 1 aromatic heterocycles. The molecule has 1 aliphatic heterocycles. The van der Waals surface area contributed by atoms with Gasteiger partial charge in [-0.1, -0.05) is 30.7 Å². The molecule has 0 bridgehead atoms. The van der Waals surface area contributed by atoms with Crippen LogP contribution in [0.25, 0.3) is 0 Å². The van der Waals surface area contributed by atoms with Gasteiger partial charge in [-0.05, 0) is 24.1 Å². The number of aryl methyl sites for hydroxylation is 1. The van der Waals surface area contributed by atoms with Crippen molar-refractivity contribution in [2.75, 3.05) is 26.2 Å². The van der Waals surface area contributed by atoms with E-state index in [0.717, 1.165) is 57.3 Å². The van der Waals surface area contributed by atoms with Gasteiger partial charge in [-0.3, -0.25) is 9.80 Å². The summed E-state index contributed by atoms with van der Waals surface area (Å²) < 4.78 is 2.28. The molecule has 0 radical (unpaired) electrons. The predicted octanol–water partition coefficient (Wildman–Crippen LogP) is 3.26. The van der Waals surface area contributed by atoms with Crippen molar-refractivity contribution in [2.45, 2.75) is 33.0 Å². The number of imidazole rings is 1. The SMILES string of the molecule is CCCn1ccnc1CN1CCN(Cc2ccc(Cl)cc2)CC1. The van der Waals surface area contributed by atoms with E-state index >= 15 is 0 Å². The molecule has 0 unspecified atom stereocenters. The smallest absolute Gasteiger partial charge is 0.122 e. The first-order chi connectivity index (χ1) is 11.2. The van der Waals surface area contributed by atoms with Crippen molar-refractivity contribution in [3.63, 3.8) is 0 Å². The van der Waals surface area contributed by atoms with E-state index in [1.807, 2.05) is 18.3 Å². The van der Waals surface area contributed by atoms with E-state index < -0.39 is 0 Å². The van der Waals surface area contributed by atoms with E-state index in [2.05, 4.69) is 44.6 Å². The maximum absolute atomic E-state index is 5.95. The zero-order valence-electron chi connectivity index (χ0n) is 13.8. The highest BCUT2D eigenvalue weighted by Crippen LogP contribution is 2.14. The van der Waals surface area contributed by atoms with Crippen LogP contribution in [0.15, 0.2) is 36.7 Å². The Balaban J connectivity index is 1.48. The highest BCUT2D eigenvalue weighted by atomic mass is 35.5. The minimum atomic E-state index is 0.807. The van der Waals surface area contributed by atoms with Gasteiger partial charge in [-0.15, -0.1) is 0 Å². The van der Waals surface area contributed by atoms with Crippen molar-refractivity contribution in [1.82, 2.24) is 19.4 Å². The second-order valence-corrected chi connectivity index (χ2v) is 6.65. The molecule has 4 nitrogen and oxygen atoms in total. The Bertz CT molecular complexity index is 600. The van der Waals surface area contributed by atoms with Gasteiger partial charge in [0.05, 0.1) is 6.54 Å². The molecule has 0 atom stereocenters. The van der Waals surface area contributed by atoms with Crippen molar-refractivity contribution >= 4 is 11.6 Å². The minimum Gasteiger partial charge on any atom is -0.334 e. The fraction of sp³-hybridized carbons (Fsp3) is 0.500. The molecule has 23 heavy (non-hydrogen) atoms. The van der Waals surface area contributed by atoms with Crippen molar-refractivity contribution in [2.24, 2.45) is 0 Å². The summed E-state index contributed by atoms with van der Waals surface area (Å²) in [6, 6.07) is 8.19. The molecule has 1 aromatic carbocycles. The van der Waals surface area contributed by atoms with Crippen molar-refractivity contribution in [1.29, 1.82) is 0 Å². The van der Waals surface area contributed by atoms with Gasteiger partial charge in [0, 0.05) is 56.7 Å². The number of nitrogens with zero attached hydrogens (tertiary/aromatic N) is 4. The highest BCUT2D eigenvalue weighted by Gasteiger charge is 2.18. The molecule has 1 saturated heterocycles. The predicted molar refractivity (Wildman–Crippen MR) is 94.5 cm³/mol. The number of hydrogen-bond donors (Lipinski definition) is 0. The number of halogens is 1. The Morgan fingerprint density at radius 2 is 1.65 bits per heavy atom. The van der Waals surface area contributed by atoms with Crippen molar-refractivity contribution in [3.05, 3.63) is 53.1 Å². The average molecular weight is 333 g/mol. The van der Waals surface area contributed by atoms with Gasteiger partial charge < -0.3 is 4.57 Å². The lowest BCUT2D eigenvalue weighted by molar-refractivity contribution is 0.119. The Labute approximate surface area is 143 Å². The summed E-state index contributed by atoms with van der Waals surface area (Å²) >= 11 is 5.95. The number of rotatable bonds is 6. The van der Waals surface area contributed by atoms with Gasteiger partial charge in [0.2, 0.25) is 0 Å². The monoisotopic (exact) mass is 332 g/mol. The number of aromatic nitrogens is 2. The van der Waals surface area contributed by atoms with E-state index in [-0.39, 0.29) is 0 Å². The summed E-state index contributed by atoms with van der Waals surface area (Å²) in [4.78, 5) is 9.54. The summed E-state index contributed by atoms with van der Waals surface area (Å²) in [6.07, 6.45) is 5.16. The molecule has 0 aliphatic carbocycles. The zero-order chi connectivity index (χ0) is 16.1. The molecule has 0 spiro atoms. The Hall–Kier alpha value is -1.36. The van der Waals surface area contributed by atoms with Gasteiger partial charge in [-0.2, -0.15) is 0 Å². The van der Waals surface area contributed by atoms with Crippen LogP contribution < -0.4 is 0 Å². The second-order valence-electron chi connectivity index (χ2n) is 6.22. The summed E-state index contributed by atoms with van der Waals surface area (Å²) in [7, 11) is 0. The fourth-order valence-corrected chi connectivity index (χ4v) is 3.22. The van der Waals surface area contributed by atoms with E-state index in [9.17, 15) is 0 Å².